The first-order valence-electron chi connectivity index (χ1n) is 19.0. The van der Waals surface area contributed by atoms with Crippen LogP contribution in [-0.2, 0) is 14.3 Å². The van der Waals surface area contributed by atoms with Gasteiger partial charge in [-0.2, -0.15) is 0 Å². The highest BCUT2D eigenvalue weighted by molar-refractivity contribution is 6.20. The number of alkyl halides is 1. The fourth-order valence-corrected chi connectivity index (χ4v) is 10.0. The summed E-state index contributed by atoms with van der Waals surface area (Å²) < 4.78 is 23.2. The second-order valence-corrected chi connectivity index (χ2v) is 15.9. The van der Waals surface area contributed by atoms with Crippen molar-refractivity contribution in [1.82, 2.24) is 35.1 Å². The maximum atomic E-state index is 16.2. The Hall–Kier alpha value is -1.63. The maximum absolute atomic E-state index is 16.2. The van der Waals surface area contributed by atoms with Crippen molar-refractivity contribution < 1.29 is 18.7 Å². The number of halogens is 1. The lowest BCUT2D eigenvalue weighted by Gasteiger charge is -2.61. The Bertz CT molecular complexity index is 1130. The van der Waals surface area contributed by atoms with Crippen LogP contribution in [0.25, 0.3) is 0 Å². The topological polar surface area (TPSA) is 83.6 Å². The number of nitrogens with one attached hydrogen (secondary N) is 2. The monoisotopic (exact) mass is 657 g/mol. The Morgan fingerprint density at radius 3 is 2.15 bits per heavy atom. The molecule has 0 radical (unpaired) electrons. The van der Waals surface area contributed by atoms with Crippen molar-refractivity contribution in [1.29, 1.82) is 0 Å². The zero-order valence-electron chi connectivity index (χ0n) is 29.0. The van der Waals surface area contributed by atoms with Gasteiger partial charge in [-0.05, 0) is 77.7 Å². The van der Waals surface area contributed by atoms with Crippen molar-refractivity contribution in [2.45, 2.75) is 94.3 Å². The number of carbonyl (C=O) groups is 2. The van der Waals surface area contributed by atoms with E-state index in [0.717, 1.165) is 97.7 Å². The molecule has 4 heterocycles. The number of ketones is 1. The van der Waals surface area contributed by atoms with Crippen molar-refractivity contribution in [3.8, 4) is 0 Å². The summed E-state index contributed by atoms with van der Waals surface area (Å²) in [5.74, 6) is 0.285. The van der Waals surface area contributed by atoms with Gasteiger partial charge in [-0.15, -0.1) is 0 Å². The van der Waals surface area contributed by atoms with Crippen molar-refractivity contribution in [2.24, 2.45) is 17.8 Å². The van der Waals surface area contributed by atoms with E-state index < -0.39 is 24.2 Å². The number of ether oxygens (including phenoxy) is 1. The number of nitrogens with zero attached hydrogens (tertiary/aromatic N) is 5. The molecule has 0 spiro atoms. The maximum Gasteiger partial charge on any atom is 0.256 e. The molecule has 10 nitrogen and oxygen atoms in total. The van der Waals surface area contributed by atoms with Gasteiger partial charge in [-0.3, -0.25) is 9.59 Å². The average Bonchev–Trinajstić information content (AvgIpc) is 3.07. The van der Waals surface area contributed by atoms with E-state index in [4.69, 9.17) is 4.74 Å². The van der Waals surface area contributed by atoms with E-state index in [-0.39, 0.29) is 41.9 Å². The molecule has 47 heavy (non-hydrogen) atoms. The Balaban J connectivity index is 1.04. The first-order valence-corrected chi connectivity index (χ1v) is 19.0. The number of carbonyl (C=O) groups excluding carboxylic acids is 2. The fraction of sp³-hybridized carbons (Fsp3) is 0.889. The largest absolute Gasteiger partial charge is 0.369 e. The third-order valence-corrected chi connectivity index (χ3v) is 12.9. The molecule has 9 unspecified atom stereocenters. The van der Waals surface area contributed by atoms with E-state index in [0.29, 0.717) is 18.4 Å². The highest BCUT2D eigenvalue weighted by atomic mass is 19.1. The minimum atomic E-state index is -1.19. The van der Waals surface area contributed by atoms with Gasteiger partial charge in [-0.1, -0.05) is 25.7 Å². The SMILES string of the molecule is CN1CCN(CCCNC(=O)C2=CN3C4CC5CCCCC5CC4OC4C(NCCCN5CCN(C)CC5)C(F)CC(C2=O)C43)CC1. The van der Waals surface area contributed by atoms with Crippen LogP contribution in [0, 0.1) is 17.8 Å². The number of rotatable bonds is 10. The lowest BCUT2D eigenvalue weighted by molar-refractivity contribution is -0.208. The van der Waals surface area contributed by atoms with Crippen molar-refractivity contribution in [3.05, 3.63) is 11.8 Å². The van der Waals surface area contributed by atoms with Crippen LogP contribution in [0.4, 0.5) is 4.39 Å². The normalized spacial score (nSPS) is 38.7. The Kier molecular flexibility index (Phi) is 10.9. The number of morpholine rings is 1. The minimum absolute atomic E-state index is 0.00791. The van der Waals surface area contributed by atoms with Gasteiger partial charge in [-0.25, -0.2) is 4.39 Å². The minimum Gasteiger partial charge on any atom is -0.369 e. The third-order valence-electron chi connectivity index (χ3n) is 12.9. The molecule has 7 rings (SSSR count). The van der Waals surface area contributed by atoms with E-state index in [1.165, 1.54) is 25.7 Å². The standard InChI is InChI=1S/C36H60FN7O3/c1-40-13-17-42(18-14-40)11-5-9-38-32-29(37)23-27-33-35(32)47-31-22-26-8-4-3-7-25(26)21-30(31)44(33)24-28(34(27)45)36(46)39-10-6-12-43-19-15-41(2)16-20-43/h24-27,29-33,35,38H,3-23H2,1-2H3,(H,39,46). The van der Waals surface area contributed by atoms with E-state index in [2.05, 4.69) is 49.2 Å². The van der Waals surface area contributed by atoms with Gasteiger partial charge in [0.1, 0.15) is 6.17 Å². The highest BCUT2D eigenvalue weighted by Gasteiger charge is 2.59. The summed E-state index contributed by atoms with van der Waals surface area (Å²) in [7, 11) is 4.33. The third kappa shape index (κ3) is 7.45. The second-order valence-electron chi connectivity index (χ2n) is 15.9. The predicted molar refractivity (Wildman–Crippen MR) is 181 cm³/mol. The van der Waals surface area contributed by atoms with Crippen LogP contribution in [0.1, 0.15) is 57.8 Å². The smallest absolute Gasteiger partial charge is 0.256 e. The molecule has 3 aliphatic carbocycles. The van der Waals surface area contributed by atoms with Crippen LogP contribution in [0.2, 0.25) is 0 Å². The van der Waals surface area contributed by atoms with Crippen LogP contribution in [0.3, 0.4) is 0 Å². The zero-order valence-corrected chi connectivity index (χ0v) is 29.0. The molecule has 0 aromatic rings. The molecule has 3 saturated carbocycles. The number of hydrogen-bond acceptors (Lipinski definition) is 9. The summed E-state index contributed by atoms with van der Waals surface area (Å²) in [5, 5.41) is 6.66. The molecule has 0 bridgehead atoms. The first-order chi connectivity index (χ1) is 22.9. The molecule has 0 aromatic carbocycles. The summed E-state index contributed by atoms with van der Waals surface area (Å²) in [6.07, 6.45) is 9.39. The highest BCUT2D eigenvalue weighted by Crippen LogP contribution is 2.50. The van der Waals surface area contributed by atoms with Crippen LogP contribution < -0.4 is 10.6 Å². The van der Waals surface area contributed by atoms with Crippen molar-refractivity contribution >= 4 is 11.7 Å². The van der Waals surface area contributed by atoms with E-state index in [1.807, 2.05) is 6.20 Å². The summed E-state index contributed by atoms with van der Waals surface area (Å²) in [4.78, 5) is 39.6. The molecule has 1 amide bonds. The molecular formula is C36H60FN7O3. The van der Waals surface area contributed by atoms with E-state index in [1.54, 1.807) is 0 Å². The zero-order chi connectivity index (χ0) is 32.5. The number of amides is 1. The molecule has 264 valence electrons. The van der Waals surface area contributed by atoms with Gasteiger partial charge in [0.2, 0.25) is 0 Å². The van der Waals surface area contributed by atoms with Crippen LogP contribution in [0.5, 0.6) is 0 Å². The molecule has 3 saturated heterocycles. The average molecular weight is 658 g/mol. The van der Waals surface area contributed by atoms with E-state index in [9.17, 15) is 9.59 Å². The predicted octanol–water partition coefficient (Wildman–Crippen LogP) is 1.57. The number of hydrogen-bond donors (Lipinski definition) is 2. The molecule has 0 aromatic heterocycles. The Morgan fingerprint density at radius 1 is 0.872 bits per heavy atom. The lowest BCUT2D eigenvalue weighted by atomic mass is 9.65. The van der Waals surface area contributed by atoms with Gasteiger partial charge in [0.25, 0.3) is 5.91 Å². The molecule has 4 aliphatic heterocycles. The summed E-state index contributed by atoms with van der Waals surface area (Å²) >= 11 is 0. The fourth-order valence-electron chi connectivity index (χ4n) is 10.0. The lowest BCUT2D eigenvalue weighted by Crippen LogP contribution is -2.73. The summed E-state index contributed by atoms with van der Waals surface area (Å²) in [5.41, 5.74) is 0.224. The molecule has 9 atom stereocenters. The molecule has 6 fully saturated rings. The van der Waals surface area contributed by atoms with Gasteiger partial charge >= 0.3 is 0 Å². The first kappa shape index (κ1) is 33.8. The van der Waals surface area contributed by atoms with Crippen LogP contribution >= 0.6 is 0 Å². The molecular weight excluding hydrogens is 597 g/mol. The molecule has 2 N–H and O–H groups in total. The number of fused-ring (bicyclic) bond motifs is 3. The van der Waals surface area contributed by atoms with Crippen molar-refractivity contribution in [3.63, 3.8) is 0 Å². The number of Topliss-reactive ketones (excluding diaryl/α,β-unsaturated/α-hetero) is 1. The van der Waals surface area contributed by atoms with Crippen LogP contribution in [0.15, 0.2) is 11.8 Å². The number of piperazine rings is 2. The second kappa shape index (κ2) is 15.1. The summed E-state index contributed by atoms with van der Waals surface area (Å²) in [6, 6.07) is -0.525. The Morgan fingerprint density at radius 2 is 1.49 bits per heavy atom. The van der Waals surface area contributed by atoms with Gasteiger partial charge in [0.05, 0.1) is 35.9 Å². The van der Waals surface area contributed by atoms with Crippen LogP contribution in [-0.4, -0.2) is 165 Å². The Labute approximate surface area is 281 Å². The molecule has 11 heteroatoms. The van der Waals surface area contributed by atoms with Gasteiger partial charge < -0.3 is 39.9 Å². The van der Waals surface area contributed by atoms with Gasteiger partial charge in [0.15, 0.2) is 5.78 Å². The van der Waals surface area contributed by atoms with Crippen molar-refractivity contribution in [2.75, 3.05) is 92.6 Å². The van der Waals surface area contributed by atoms with E-state index >= 15 is 4.39 Å². The van der Waals surface area contributed by atoms with Gasteiger partial charge in [0, 0.05) is 71.0 Å². The molecule has 7 aliphatic rings. The number of likely N-dealkylation sites (N-methyl/N-ethyl adjacent to an activating group) is 2. The summed E-state index contributed by atoms with van der Waals surface area (Å²) in [6.45, 7) is 11.8. The quantitative estimate of drug-likeness (QED) is 0.269.